The molecule has 2 saturated heterocycles. The molecule has 0 spiro atoms. The first-order valence-corrected chi connectivity index (χ1v) is 7.91. The maximum atomic E-state index is 5.75. The van der Waals surface area contributed by atoms with E-state index in [1.807, 2.05) is 0 Å². The van der Waals surface area contributed by atoms with Gasteiger partial charge in [-0.25, -0.2) is 0 Å². The number of piperidine rings is 1. The van der Waals surface area contributed by atoms with Crippen molar-refractivity contribution in [2.45, 2.75) is 70.6 Å². The molecule has 18 heavy (non-hydrogen) atoms. The minimum Gasteiger partial charge on any atom is -0.378 e. The molecule has 0 amide bonds. The van der Waals surface area contributed by atoms with Crippen LogP contribution >= 0.6 is 0 Å². The third kappa shape index (κ3) is 4.22. The van der Waals surface area contributed by atoms with E-state index in [0.717, 1.165) is 19.1 Å². The van der Waals surface area contributed by atoms with Gasteiger partial charge in [0.15, 0.2) is 0 Å². The van der Waals surface area contributed by atoms with Gasteiger partial charge in [-0.3, -0.25) is 0 Å². The van der Waals surface area contributed by atoms with Gasteiger partial charge in [0.2, 0.25) is 0 Å². The molecule has 2 rings (SSSR count). The highest BCUT2D eigenvalue weighted by Gasteiger charge is 2.25. The molecule has 3 nitrogen and oxygen atoms in total. The summed E-state index contributed by atoms with van der Waals surface area (Å²) in [7, 11) is 0. The Morgan fingerprint density at radius 3 is 2.56 bits per heavy atom. The van der Waals surface area contributed by atoms with E-state index >= 15 is 0 Å². The van der Waals surface area contributed by atoms with Crippen LogP contribution in [0.15, 0.2) is 0 Å². The van der Waals surface area contributed by atoms with Crippen molar-refractivity contribution in [1.82, 2.24) is 10.2 Å². The second kappa shape index (κ2) is 7.46. The van der Waals surface area contributed by atoms with Crippen molar-refractivity contribution >= 4 is 0 Å². The predicted octanol–water partition coefficient (Wildman–Crippen LogP) is 2.41. The average Bonchev–Trinajstić information content (AvgIpc) is 2.42. The zero-order valence-electron chi connectivity index (χ0n) is 12.2. The second-order valence-corrected chi connectivity index (χ2v) is 5.90. The third-order valence-corrected chi connectivity index (χ3v) is 4.42. The van der Waals surface area contributed by atoms with E-state index in [1.165, 1.54) is 51.7 Å². The van der Waals surface area contributed by atoms with E-state index in [1.54, 1.807) is 0 Å². The molecule has 2 fully saturated rings. The highest BCUT2D eigenvalue weighted by atomic mass is 16.5. The molecule has 0 bridgehead atoms. The first kappa shape index (κ1) is 14.3. The van der Waals surface area contributed by atoms with E-state index < -0.39 is 0 Å². The van der Waals surface area contributed by atoms with Crippen molar-refractivity contribution < 1.29 is 4.74 Å². The number of hydrogen-bond acceptors (Lipinski definition) is 3. The molecule has 2 unspecified atom stereocenters. The predicted molar refractivity (Wildman–Crippen MR) is 75.9 cm³/mol. The van der Waals surface area contributed by atoms with Crippen LogP contribution < -0.4 is 5.32 Å². The fourth-order valence-corrected chi connectivity index (χ4v) is 3.29. The maximum Gasteiger partial charge on any atom is 0.0587 e. The van der Waals surface area contributed by atoms with Crippen molar-refractivity contribution in [3.05, 3.63) is 0 Å². The first-order chi connectivity index (χ1) is 8.81. The minimum atomic E-state index is 0.497. The van der Waals surface area contributed by atoms with Gasteiger partial charge < -0.3 is 15.0 Å². The quantitative estimate of drug-likeness (QED) is 0.815. The second-order valence-electron chi connectivity index (χ2n) is 5.90. The molecule has 1 N–H and O–H groups in total. The van der Waals surface area contributed by atoms with E-state index in [9.17, 15) is 0 Å². The Kier molecular flexibility index (Phi) is 5.93. The van der Waals surface area contributed by atoms with Gasteiger partial charge in [0, 0.05) is 18.7 Å². The van der Waals surface area contributed by atoms with Crippen LogP contribution in [0.5, 0.6) is 0 Å². The van der Waals surface area contributed by atoms with Crippen molar-refractivity contribution in [3.63, 3.8) is 0 Å². The molecule has 3 heteroatoms. The van der Waals surface area contributed by atoms with Gasteiger partial charge >= 0.3 is 0 Å². The highest BCUT2D eigenvalue weighted by molar-refractivity contribution is 4.83. The summed E-state index contributed by atoms with van der Waals surface area (Å²) < 4.78 is 5.75. The zero-order valence-corrected chi connectivity index (χ0v) is 12.2. The van der Waals surface area contributed by atoms with Gasteiger partial charge in [0.05, 0.1) is 6.10 Å². The number of likely N-dealkylation sites (tertiary alicyclic amines) is 1. The summed E-state index contributed by atoms with van der Waals surface area (Å²) in [6.07, 6.45) is 8.01. The topological polar surface area (TPSA) is 24.5 Å². The zero-order chi connectivity index (χ0) is 12.8. The lowest BCUT2D eigenvalue weighted by molar-refractivity contribution is -0.00346. The molecule has 0 aliphatic carbocycles. The number of ether oxygens (including phenoxy) is 1. The first-order valence-electron chi connectivity index (χ1n) is 7.91. The maximum absolute atomic E-state index is 5.75. The molecular formula is C15H30N2O. The van der Waals surface area contributed by atoms with Crippen LogP contribution in [0.25, 0.3) is 0 Å². The fourth-order valence-electron chi connectivity index (χ4n) is 3.29. The van der Waals surface area contributed by atoms with Crippen molar-refractivity contribution in [2.75, 3.05) is 26.2 Å². The summed E-state index contributed by atoms with van der Waals surface area (Å²) in [5, 5.41) is 3.88. The van der Waals surface area contributed by atoms with Gasteiger partial charge in [-0.1, -0.05) is 13.8 Å². The molecule has 0 aromatic heterocycles. The van der Waals surface area contributed by atoms with Crippen LogP contribution in [-0.4, -0.2) is 49.3 Å². The Hall–Kier alpha value is -0.120. The van der Waals surface area contributed by atoms with Gasteiger partial charge in [-0.2, -0.15) is 0 Å². The Bertz CT molecular complexity index is 227. The van der Waals surface area contributed by atoms with Crippen LogP contribution in [0.3, 0.4) is 0 Å². The lowest BCUT2D eigenvalue weighted by Gasteiger charge is -2.37. The van der Waals surface area contributed by atoms with Crippen LogP contribution in [-0.2, 0) is 4.74 Å². The molecule has 0 aromatic carbocycles. The molecule has 2 aliphatic heterocycles. The average molecular weight is 254 g/mol. The third-order valence-electron chi connectivity index (χ3n) is 4.42. The molecule has 0 aromatic rings. The van der Waals surface area contributed by atoms with Gasteiger partial charge in [-0.05, 0) is 58.2 Å². The molecule has 2 atom stereocenters. The Morgan fingerprint density at radius 2 is 1.89 bits per heavy atom. The Balaban J connectivity index is 1.67. The van der Waals surface area contributed by atoms with Crippen LogP contribution in [0.4, 0.5) is 0 Å². The Morgan fingerprint density at radius 1 is 1.11 bits per heavy atom. The van der Waals surface area contributed by atoms with E-state index in [0.29, 0.717) is 12.1 Å². The summed E-state index contributed by atoms with van der Waals surface area (Å²) in [4.78, 5) is 2.61. The normalized spacial score (nSPS) is 31.7. The summed E-state index contributed by atoms with van der Waals surface area (Å²) in [6.45, 7) is 9.30. The van der Waals surface area contributed by atoms with Gasteiger partial charge in [0.25, 0.3) is 0 Å². The van der Waals surface area contributed by atoms with E-state index in [4.69, 9.17) is 4.74 Å². The molecule has 0 saturated carbocycles. The SMILES string of the molecule is CCCN1CCC(NC2CCOC(CC)C2)CC1. The van der Waals surface area contributed by atoms with E-state index in [2.05, 4.69) is 24.1 Å². The highest BCUT2D eigenvalue weighted by Crippen LogP contribution is 2.19. The van der Waals surface area contributed by atoms with Gasteiger partial charge in [0.1, 0.15) is 0 Å². The van der Waals surface area contributed by atoms with Crippen molar-refractivity contribution in [3.8, 4) is 0 Å². The molecule has 2 aliphatic rings. The molecule has 2 heterocycles. The standard InChI is InChI=1S/C15H30N2O/c1-3-8-17-9-5-13(6-10-17)16-14-7-11-18-15(4-2)12-14/h13-16H,3-12H2,1-2H3. The largest absolute Gasteiger partial charge is 0.378 e. The molecular weight excluding hydrogens is 224 g/mol. The van der Waals surface area contributed by atoms with Gasteiger partial charge in [-0.15, -0.1) is 0 Å². The van der Waals surface area contributed by atoms with Crippen molar-refractivity contribution in [1.29, 1.82) is 0 Å². The monoisotopic (exact) mass is 254 g/mol. The molecule has 0 radical (unpaired) electrons. The van der Waals surface area contributed by atoms with E-state index in [-0.39, 0.29) is 0 Å². The van der Waals surface area contributed by atoms with Crippen LogP contribution in [0.2, 0.25) is 0 Å². The number of nitrogens with one attached hydrogen (secondary N) is 1. The lowest BCUT2D eigenvalue weighted by atomic mass is 9.98. The number of hydrogen-bond donors (Lipinski definition) is 1. The Labute approximate surface area is 112 Å². The number of nitrogens with zero attached hydrogens (tertiary/aromatic N) is 1. The van der Waals surface area contributed by atoms with Crippen LogP contribution in [0, 0.1) is 0 Å². The number of rotatable bonds is 5. The minimum absolute atomic E-state index is 0.497. The summed E-state index contributed by atoms with van der Waals surface area (Å²) in [5.41, 5.74) is 0. The molecule has 106 valence electrons. The van der Waals surface area contributed by atoms with Crippen molar-refractivity contribution in [2.24, 2.45) is 0 Å². The summed E-state index contributed by atoms with van der Waals surface area (Å²) in [5.74, 6) is 0. The fraction of sp³-hybridized carbons (Fsp3) is 1.00. The summed E-state index contributed by atoms with van der Waals surface area (Å²) >= 11 is 0. The van der Waals surface area contributed by atoms with Crippen LogP contribution in [0.1, 0.15) is 52.4 Å². The lowest BCUT2D eigenvalue weighted by Crippen LogP contribution is -2.48. The summed E-state index contributed by atoms with van der Waals surface area (Å²) in [6, 6.07) is 1.45. The smallest absolute Gasteiger partial charge is 0.0587 e.